The van der Waals surface area contributed by atoms with E-state index in [0.717, 1.165) is 38.0 Å². The summed E-state index contributed by atoms with van der Waals surface area (Å²) in [7, 11) is 0. The number of rotatable bonds is 5. The summed E-state index contributed by atoms with van der Waals surface area (Å²) in [4.78, 5) is 25.2. The monoisotopic (exact) mass is 380 g/mol. The normalized spacial score (nSPS) is 24.2. The fourth-order valence-corrected chi connectivity index (χ4v) is 4.21. The minimum Gasteiger partial charge on any atom is -0.367 e. The first-order valence-electron chi connectivity index (χ1n) is 10.2. The summed E-state index contributed by atoms with van der Waals surface area (Å²) in [6, 6.07) is 4.68. The topological polar surface area (TPSA) is 106 Å². The molecule has 4 rings (SSSR count). The van der Waals surface area contributed by atoms with E-state index in [0.29, 0.717) is 23.4 Å². The minimum absolute atomic E-state index is 0.250. The van der Waals surface area contributed by atoms with Crippen molar-refractivity contribution in [2.75, 3.05) is 10.6 Å². The maximum absolute atomic E-state index is 11.8. The SMILES string of the molecule is C[C@H]1CC[C@H](Nc2nc(N[C@@H]3CCc4ncccc4C3)ncc2C(N)=O)CC1. The summed E-state index contributed by atoms with van der Waals surface area (Å²) in [5.74, 6) is 1.34. The summed E-state index contributed by atoms with van der Waals surface area (Å²) in [5.41, 5.74) is 8.35. The number of amides is 1. The van der Waals surface area contributed by atoms with Gasteiger partial charge in [0.1, 0.15) is 5.82 Å². The number of fused-ring (bicyclic) bond motifs is 1. The average Bonchev–Trinajstić information content (AvgIpc) is 2.70. The molecule has 2 heterocycles. The van der Waals surface area contributed by atoms with Gasteiger partial charge in [-0.15, -0.1) is 0 Å². The predicted molar refractivity (Wildman–Crippen MR) is 109 cm³/mol. The molecule has 2 aliphatic carbocycles. The molecule has 0 spiro atoms. The molecule has 2 aromatic rings. The average molecular weight is 380 g/mol. The van der Waals surface area contributed by atoms with Gasteiger partial charge in [0.2, 0.25) is 5.95 Å². The molecule has 0 bridgehead atoms. The van der Waals surface area contributed by atoms with E-state index in [1.54, 1.807) is 0 Å². The Bertz CT molecular complexity index is 847. The largest absolute Gasteiger partial charge is 0.367 e. The molecule has 1 amide bonds. The molecule has 0 radical (unpaired) electrons. The Morgan fingerprint density at radius 1 is 1.11 bits per heavy atom. The van der Waals surface area contributed by atoms with Crippen molar-refractivity contribution in [2.45, 2.75) is 64.0 Å². The smallest absolute Gasteiger partial charge is 0.254 e. The number of aromatic nitrogens is 3. The molecule has 148 valence electrons. The third kappa shape index (κ3) is 4.24. The summed E-state index contributed by atoms with van der Waals surface area (Å²) >= 11 is 0. The minimum atomic E-state index is -0.504. The van der Waals surface area contributed by atoms with Crippen molar-refractivity contribution in [2.24, 2.45) is 11.7 Å². The summed E-state index contributed by atoms with van der Waals surface area (Å²) in [6.07, 6.45) is 10.7. The molecular weight excluding hydrogens is 352 g/mol. The first-order valence-corrected chi connectivity index (χ1v) is 10.2. The summed E-state index contributed by atoms with van der Waals surface area (Å²) in [5, 5.41) is 6.87. The molecule has 7 nitrogen and oxygen atoms in total. The molecular formula is C21H28N6O. The zero-order valence-corrected chi connectivity index (χ0v) is 16.3. The van der Waals surface area contributed by atoms with E-state index in [2.05, 4.69) is 38.6 Å². The Kier molecular flexibility index (Phi) is 5.41. The van der Waals surface area contributed by atoms with Crippen LogP contribution in [0.3, 0.4) is 0 Å². The van der Waals surface area contributed by atoms with Gasteiger partial charge in [-0.2, -0.15) is 4.98 Å². The lowest BCUT2D eigenvalue weighted by Gasteiger charge is -2.28. The van der Waals surface area contributed by atoms with Crippen molar-refractivity contribution in [3.8, 4) is 0 Å². The van der Waals surface area contributed by atoms with Crippen molar-refractivity contribution in [1.29, 1.82) is 0 Å². The highest BCUT2D eigenvalue weighted by Gasteiger charge is 2.23. The van der Waals surface area contributed by atoms with E-state index in [1.165, 1.54) is 30.3 Å². The molecule has 2 aromatic heterocycles. The molecule has 28 heavy (non-hydrogen) atoms. The van der Waals surface area contributed by atoms with Crippen LogP contribution in [0.4, 0.5) is 11.8 Å². The number of hydrogen-bond donors (Lipinski definition) is 3. The third-order valence-corrected chi connectivity index (χ3v) is 5.92. The van der Waals surface area contributed by atoms with Gasteiger partial charge in [0, 0.05) is 30.2 Å². The maximum atomic E-state index is 11.8. The van der Waals surface area contributed by atoms with E-state index in [4.69, 9.17) is 5.73 Å². The second-order valence-electron chi connectivity index (χ2n) is 8.11. The number of anilines is 2. The summed E-state index contributed by atoms with van der Waals surface area (Å²) in [6.45, 7) is 2.29. The van der Waals surface area contributed by atoms with Gasteiger partial charge in [0.15, 0.2) is 0 Å². The fourth-order valence-electron chi connectivity index (χ4n) is 4.21. The fraction of sp³-hybridized carbons (Fsp3) is 0.524. The number of pyridine rings is 1. The number of hydrogen-bond acceptors (Lipinski definition) is 6. The van der Waals surface area contributed by atoms with Gasteiger partial charge in [-0.25, -0.2) is 4.98 Å². The quantitative estimate of drug-likeness (QED) is 0.736. The highest BCUT2D eigenvalue weighted by atomic mass is 16.1. The van der Waals surface area contributed by atoms with Gasteiger partial charge in [-0.05, 0) is 62.5 Å². The van der Waals surface area contributed by atoms with Crippen molar-refractivity contribution in [3.05, 3.63) is 41.3 Å². The van der Waals surface area contributed by atoms with Crippen LogP contribution in [0, 0.1) is 5.92 Å². The molecule has 0 saturated heterocycles. The van der Waals surface area contributed by atoms with E-state index in [9.17, 15) is 4.79 Å². The molecule has 0 aliphatic heterocycles. The third-order valence-electron chi connectivity index (χ3n) is 5.92. The second kappa shape index (κ2) is 8.12. The Morgan fingerprint density at radius 2 is 1.93 bits per heavy atom. The van der Waals surface area contributed by atoms with Crippen LogP contribution >= 0.6 is 0 Å². The van der Waals surface area contributed by atoms with Crippen molar-refractivity contribution in [1.82, 2.24) is 15.0 Å². The number of carbonyl (C=O) groups is 1. The van der Waals surface area contributed by atoms with Crippen LogP contribution in [-0.4, -0.2) is 32.9 Å². The number of nitrogens with two attached hydrogens (primary N) is 1. The molecule has 0 unspecified atom stereocenters. The van der Waals surface area contributed by atoms with Crippen LogP contribution in [0.15, 0.2) is 24.5 Å². The number of nitrogens with one attached hydrogen (secondary N) is 2. The highest BCUT2D eigenvalue weighted by Crippen LogP contribution is 2.27. The predicted octanol–water partition coefficient (Wildman–Crippen LogP) is 2.93. The van der Waals surface area contributed by atoms with Gasteiger partial charge in [-0.1, -0.05) is 13.0 Å². The van der Waals surface area contributed by atoms with Crippen LogP contribution in [-0.2, 0) is 12.8 Å². The Labute approximate surface area is 165 Å². The van der Waals surface area contributed by atoms with Crippen LogP contribution in [0.2, 0.25) is 0 Å². The second-order valence-corrected chi connectivity index (χ2v) is 8.11. The number of aryl methyl sites for hydroxylation is 1. The van der Waals surface area contributed by atoms with E-state index in [-0.39, 0.29) is 6.04 Å². The van der Waals surface area contributed by atoms with Crippen LogP contribution in [0.5, 0.6) is 0 Å². The van der Waals surface area contributed by atoms with Gasteiger partial charge in [0.25, 0.3) is 5.91 Å². The molecule has 1 atom stereocenters. The van der Waals surface area contributed by atoms with Gasteiger partial charge >= 0.3 is 0 Å². The Morgan fingerprint density at radius 3 is 2.71 bits per heavy atom. The standard InChI is InChI=1S/C21H28N6O/c1-13-4-6-15(7-5-13)25-20-17(19(22)28)12-24-21(27-20)26-16-8-9-18-14(11-16)3-2-10-23-18/h2-3,10,12-13,15-16H,4-9,11H2,1H3,(H2,22,28)(H2,24,25,26,27)/t13-,15-,16-/m1/s1. The van der Waals surface area contributed by atoms with E-state index >= 15 is 0 Å². The molecule has 2 aliphatic rings. The molecule has 1 fully saturated rings. The number of primary amides is 1. The highest BCUT2D eigenvalue weighted by molar-refractivity contribution is 5.97. The molecule has 0 aromatic carbocycles. The lowest BCUT2D eigenvalue weighted by Crippen LogP contribution is -2.30. The summed E-state index contributed by atoms with van der Waals surface area (Å²) < 4.78 is 0. The molecule has 7 heteroatoms. The van der Waals surface area contributed by atoms with E-state index < -0.39 is 5.91 Å². The maximum Gasteiger partial charge on any atom is 0.254 e. The van der Waals surface area contributed by atoms with Crippen LogP contribution < -0.4 is 16.4 Å². The number of carbonyl (C=O) groups excluding carboxylic acids is 1. The lowest BCUT2D eigenvalue weighted by atomic mass is 9.87. The zero-order valence-electron chi connectivity index (χ0n) is 16.3. The van der Waals surface area contributed by atoms with Crippen molar-refractivity contribution < 1.29 is 4.79 Å². The first-order chi connectivity index (χ1) is 13.6. The van der Waals surface area contributed by atoms with Crippen molar-refractivity contribution in [3.63, 3.8) is 0 Å². The first kappa shape index (κ1) is 18.7. The van der Waals surface area contributed by atoms with Crippen LogP contribution in [0.25, 0.3) is 0 Å². The van der Waals surface area contributed by atoms with Crippen LogP contribution in [0.1, 0.15) is 60.6 Å². The van der Waals surface area contributed by atoms with Gasteiger partial charge < -0.3 is 16.4 Å². The van der Waals surface area contributed by atoms with E-state index in [1.807, 2.05) is 12.3 Å². The van der Waals surface area contributed by atoms with Gasteiger partial charge in [0.05, 0.1) is 5.56 Å². The molecule has 1 saturated carbocycles. The zero-order chi connectivity index (χ0) is 19.5. The molecule has 4 N–H and O–H groups in total. The van der Waals surface area contributed by atoms with Gasteiger partial charge in [-0.3, -0.25) is 9.78 Å². The Hall–Kier alpha value is -2.70. The number of nitrogens with zero attached hydrogens (tertiary/aromatic N) is 3. The Balaban J connectivity index is 1.48. The lowest BCUT2D eigenvalue weighted by molar-refractivity contribution is 0.100. The van der Waals surface area contributed by atoms with Crippen molar-refractivity contribution >= 4 is 17.7 Å².